The molecule has 0 saturated heterocycles. The molecule has 0 saturated carbocycles. The van der Waals surface area contributed by atoms with Gasteiger partial charge in [0.1, 0.15) is 12.4 Å². The molecule has 0 aliphatic heterocycles. The topological polar surface area (TPSA) is 69.4 Å². The van der Waals surface area contributed by atoms with E-state index >= 15 is 0 Å². The number of ether oxygens (including phenoxy) is 1. The van der Waals surface area contributed by atoms with E-state index in [1.54, 1.807) is 0 Å². The van der Waals surface area contributed by atoms with Gasteiger partial charge >= 0.3 is 5.97 Å². The molecule has 2 aromatic rings. The quantitative estimate of drug-likeness (QED) is 0.490. The van der Waals surface area contributed by atoms with Crippen molar-refractivity contribution in [3.8, 4) is 0 Å². The molecule has 0 heterocycles. The molecule has 2 aromatic carbocycles. The van der Waals surface area contributed by atoms with Crippen LogP contribution in [0.15, 0.2) is 42.5 Å². The Balaban J connectivity index is 2.06. The van der Waals surface area contributed by atoms with Crippen LogP contribution in [0.4, 0.5) is 10.1 Å². The first kappa shape index (κ1) is 14.9. The number of non-ortho nitro benzene ring substituents is 1. The molecule has 2 rings (SSSR count). The molecule has 0 spiro atoms. The predicted molar refractivity (Wildman–Crippen MR) is 73.6 cm³/mol. The summed E-state index contributed by atoms with van der Waals surface area (Å²) in [4.78, 5) is 21.8. The molecular formula is C14H9ClFNO4. The van der Waals surface area contributed by atoms with Gasteiger partial charge in [0.05, 0.1) is 15.5 Å². The van der Waals surface area contributed by atoms with E-state index in [0.29, 0.717) is 5.56 Å². The van der Waals surface area contributed by atoms with Crippen molar-refractivity contribution in [3.05, 3.63) is 74.5 Å². The van der Waals surface area contributed by atoms with Crippen molar-refractivity contribution in [2.45, 2.75) is 6.61 Å². The first-order valence-electron chi connectivity index (χ1n) is 5.83. The molecule has 0 amide bonds. The Hall–Kier alpha value is -2.47. The number of nitrogens with zero attached hydrogens (tertiary/aromatic N) is 1. The Morgan fingerprint density at radius 3 is 2.48 bits per heavy atom. The number of hydrogen-bond acceptors (Lipinski definition) is 4. The zero-order valence-electron chi connectivity index (χ0n) is 10.6. The number of nitro benzene ring substituents is 1. The maximum atomic E-state index is 12.7. The molecule has 7 heteroatoms. The number of benzene rings is 2. The lowest BCUT2D eigenvalue weighted by Crippen LogP contribution is -2.06. The Bertz CT molecular complexity index is 688. The van der Waals surface area contributed by atoms with Crippen molar-refractivity contribution in [1.29, 1.82) is 0 Å². The normalized spacial score (nSPS) is 10.2. The maximum Gasteiger partial charge on any atom is 0.339 e. The van der Waals surface area contributed by atoms with Crippen molar-refractivity contribution in [1.82, 2.24) is 0 Å². The van der Waals surface area contributed by atoms with Crippen molar-refractivity contribution >= 4 is 23.3 Å². The highest BCUT2D eigenvalue weighted by atomic mass is 35.5. The van der Waals surface area contributed by atoms with Gasteiger partial charge in [0, 0.05) is 12.1 Å². The van der Waals surface area contributed by atoms with Crippen LogP contribution >= 0.6 is 11.6 Å². The fourth-order valence-corrected chi connectivity index (χ4v) is 1.84. The van der Waals surface area contributed by atoms with Gasteiger partial charge < -0.3 is 4.74 Å². The third-order valence-corrected chi connectivity index (χ3v) is 2.98. The first-order chi connectivity index (χ1) is 9.97. The third kappa shape index (κ3) is 3.76. The molecule has 0 radical (unpaired) electrons. The lowest BCUT2D eigenvalue weighted by Gasteiger charge is -2.06. The monoisotopic (exact) mass is 309 g/mol. The van der Waals surface area contributed by atoms with Gasteiger partial charge in [0.15, 0.2) is 0 Å². The molecule has 0 atom stereocenters. The van der Waals surface area contributed by atoms with Crippen molar-refractivity contribution in [3.63, 3.8) is 0 Å². The molecule has 21 heavy (non-hydrogen) atoms. The molecule has 0 aromatic heterocycles. The van der Waals surface area contributed by atoms with E-state index in [9.17, 15) is 19.3 Å². The summed E-state index contributed by atoms with van der Waals surface area (Å²) >= 11 is 5.82. The van der Waals surface area contributed by atoms with Gasteiger partial charge in [0.2, 0.25) is 0 Å². The lowest BCUT2D eigenvalue weighted by atomic mass is 10.2. The number of esters is 1. The number of carbonyl (C=O) groups excluding carboxylic acids is 1. The molecule has 108 valence electrons. The Labute approximate surface area is 124 Å². The molecular weight excluding hydrogens is 301 g/mol. The summed E-state index contributed by atoms with van der Waals surface area (Å²) in [6.45, 7) is -0.0492. The Morgan fingerprint density at radius 2 is 1.90 bits per heavy atom. The zero-order chi connectivity index (χ0) is 15.4. The third-order valence-electron chi connectivity index (χ3n) is 2.67. The fourth-order valence-electron chi connectivity index (χ4n) is 1.59. The van der Waals surface area contributed by atoms with Crippen LogP contribution in [-0.2, 0) is 11.3 Å². The Morgan fingerprint density at radius 1 is 1.24 bits per heavy atom. The van der Waals surface area contributed by atoms with Crippen LogP contribution in [0.25, 0.3) is 0 Å². The highest BCUT2D eigenvalue weighted by Gasteiger charge is 2.16. The van der Waals surface area contributed by atoms with Crippen molar-refractivity contribution in [2.75, 3.05) is 0 Å². The molecule has 0 N–H and O–H groups in total. The summed E-state index contributed by atoms with van der Waals surface area (Å²) in [7, 11) is 0. The van der Waals surface area contributed by atoms with Crippen molar-refractivity contribution in [2.24, 2.45) is 0 Å². The predicted octanol–water partition coefficient (Wildman–Crippen LogP) is 3.74. The second-order valence-corrected chi connectivity index (χ2v) is 4.53. The van der Waals surface area contributed by atoms with Gasteiger partial charge in [0.25, 0.3) is 5.69 Å². The van der Waals surface area contributed by atoms with E-state index < -0.39 is 10.9 Å². The van der Waals surface area contributed by atoms with Crippen LogP contribution in [0, 0.1) is 15.9 Å². The average Bonchev–Trinajstić information content (AvgIpc) is 2.46. The molecule has 0 bridgehead atoms. The van der Waals surface area contributed by atoms with Gasteiger partial charge in [-0.05, 0) is 23.8 Å². The molecule has 0 aliphatic rings. The standard InChI is InChI=1S/C14H9ClFNO4/c15-13-7-11(17(19)20)5-6-12(13)14(18)21-8-9-1-3-10(16)4-2-9/h1-7H,8H2. The molecule has 0 aliphatic carbocycles. The second-order valence-electron chi connectivity index (χ2n) is 4.12. The number of rotatable bonds is 4. The number of halogens is 2. The van der Waals surface area contributed by atoms with Gasteiger partial charge in [-0.25, -0.2) is 9.18 Å². The molecule has 5 nitrogen and oxygen atoms in total. The fraction of sp³-hybridized carbons (Fsp3) is 0.0714. The zero-order valence-corrected chi connectivity index (χ0v) is 11.3. The summed E-state index contributed by atoms with van der Waals surface area (Å²) in [5.74, 6) is -1.09. The smallest absolute Gasteiger partial charge is 0.339 e. The summed E-state index contributed by atoms with van der Waals surface area (Å²) in [5.41, 5.74) is 0.433. The minimum absolute atomic E-state index is 0.0318. The first-order valence-corrected chi connectivity index (χ1v) is 6.20. The van der Waals surface area contributed by atoms with Gasteiger partial charge in [-0.2, -0.15) is 0 Å². The molecule has 0 fully saturated rings. The van der Waals surface area contributed by atoms with E-state index in [4.69, 9.17) is 16.3 Å². The highest BCUT2D eigenvalue weighted by molar-refractivity contribution is 6.33. The SMILES string of the molecule is O=C(OCc1ccc(F)cc1)c1ccc([N+](=O)[O-])cc1Cl. The van der Waals surface area contributed by atoms with Crippen LogP contribution in [0.1, 0.15) is 15.9 Å². The maximum absolute atomic E-state index is 12.7. The van der Waals surface area contributed by atoms with Crippen LogP contribution in [-0.4, -0.2) is 10.9 Å². The van der Waals surface area contributed by atoms with E-state index in [1.807, 2.05) is 0 Å². The van der Waals surface area contributed by atoms with E-state index in [1.165, 1.54) is 36.4 Å². The minimum atomic E-state index is -0.709. The summed E-state index contributed by atoms with van der Waals surface area (Å²) in [5, 5.41) is 10.5. The van der Waals surface area contributed by atoms with Crippen LogP contribution in [0.2, 0.25) is 5.02 Å². The van der Waals surface area contributed by atoms with Crippen molar-refractivity contribution < 1.29 is 18.8 Å². The van der Waals surface area contributed by atoms with Crippen LogP contribution < -0.4 is 0 Å². The largest absolute Gasteiger partial charge is 0.457 e. The minimum Gasteiger partial charge on any atom is -0.457 e. The van der Waals surface area contributed by atoms with E-state index in [2.05, 4.69) is 0 Å². The highest BCUT2D eigenvalue weighted by Crippen LogP contribution is 2.23. The van der Waals surface area contributed by atoms with E-state index in [-0.39, 0.29) is 28.7 Å². The van der Waals surface area contributed by atoms with E-state index in [0.717, 1.165) is 6.07 Å². The lowest BCUT2D eigenvalue weighted by molar-refractivity contribution is -0.384. The van der Waals surface area contributed by atoms with Crippen LogP contribution in [0.3, 0.4) is 0 Å². The van der Waals surface area contributed by atoms with Gasteiger partial charge in [-0.3, -0.25) is 10.1 Å². The number of nitro groups is 1. The Kier molecular flexibility index (Phi) is 4.49. The number of hydrogen-bond donors (Lipinski definition) is 0. The average molecular weight is 310 g/mol. The molecule has 0 unspecified atom stereocenters. The second kappa shape index (κ2) is 6.32. The van der Waals surface area contributed by atoms with Gasteiger partial charge in [-0.1, -0.05) is 23.7 Å². The summed E-state index contributed by atoms with van der Waals surface area (Å²) < 4.78 is 17.7. The summed E-state index contributed by atoms with van der Waals surface area (Å²) in [6, 6.07) is 8.95. The summed E-state index contributed by atoms with van der Waals surface area (Å²) in [6.07, 6.45) is 0. The number of carbonyl (C=O) groups is 1. The van der Waals surface area contributed by atoms with Gasteiger partial charge in [-0.15, -0.1) is 0 Å². The van der Waals surface area contributed by atoms with Crippen LogP contribution in [0.5, 0.6) is 0 Å².